The maximum atomic E-state index is 11.1. The molecule has 70 valence electrons. The SMILES string of the molecule is CC(C)OC(=O)N1C[C@@H](O)CO1. The van der Waals surface area contributed by atoms with E-state index in [2.05, 4.69) is 0 Å². The lowest BCUT2D eigenvalue weighted by atomic mass is 10.4. The molecule has 1 amide bonds. The smallest absolute Gasteiger partial charge is 0.434 e. The minimum absolute atomic E-state index is 0.160. The molecule has 0 bridgehead atoms. The van der Waals surface area contributed by atoms with E-state index in [1.54, 1.807) is 13.8 Å². The Morgan fingerprint density at radius 2 is 2.42 bits per heavy atom. The topological polar surface area (TPSA) is 59.0 Å². The van der Waals surface area contributed by atoms with E-state index in [-0.39, 0.29) is 19.3 Å². The van der Waals surface area contributed by atoms with Gasteiger partial charge in [0.15, 0.2) is 0 Å². The van der Waals surface area contributed by atoms with E-state index in [1.165, 1.54) is 0 Å². The van der Waals surface area contributed by atoms with Crippen molar-refractivity contribution in [1.29, 1.82) is 0 Å². The van der Waals surface area contributed by atoms with Gasteiger partial charge in [-0.05, 0) is 13.8 Å². The Bertz CT molecular complexity index is 171. The fourth-order valence-electron chi connectivity index (χ4n) is 0.860. The van der Waals surface area contributed by atoms with Crippen molar-refractivity contribution in [3.8, 4) is 0 Å². The molecular formula is C7H13NO4. The van der Waals surface area contributed by atoms with Crippen molar-refractivity contribution in [2.24, 2.45) is 0 Å². The van der Waals surface area contributed by atoms with Crippen LogP contribution in [-0.2, 0) is 9.57 Å². The van der Waals surface area contributed by atoms with E-state index in [1.807, 2.05) is 0 Å². The Hall–Kier alpha value is -0.810. The first-order valence-electron chi connectivity index (χ1n) is 3.88. The summed E-state index contributed by atoms with van der Waals surface area (Å²) in [6.45, 7) is 3.85. The standard InChI is InChI=1S/C7H13NO4/c1-5(2)12-7(10)8-3-6(9)4-11-8/h5-6,9H,3-4H2,1-2H3/t6-/m1/s1. The first-order chi connectivity index (χ1) is 5.59. The number of hydrogen-bond donors (Lipinski definition) is 1. The molecule has 0 aromatic rings. The first kappa shape index (κ1) is 9.28. The molecule has 0 radical (unpaired) electrons. The Morgan fingerprint density at radius 1 is 1.75 bits per heavy atom. The van der Waals surface area contributed by atoms with Crippen molar-refractivity contribution in [3.05, 3.63) is 0 Å². The minimum atomic E-state index is -0.593. The predicted octanol–water partition coefficient (Wildman–Crippen LogP) is 0.140. The summed E-state index contributed by atoms with van der Waals surface area (Å²) in [6, 6.07) is 0. The second-order valence-corrected chi connectivity index (χ2v) is 2.94. The van der Waals surface area contributed by atoms with Gasteiger partial charge in [-0.1, -0.05) is 0 Å². The van der Waals surface area contributed by atoms with Gasteiger partial charge in [0.05, 0.1) is 12.6 Å². The highest BCUT2D eigenvalue weighted by molar-refractivity contribution is 5.66. The van der Waals surface area contributed by atoms with Crippen LogP contribution in [0.15, 0.2) is 0 Å². The summed E-state index contributed by atoms with van der Waals surface area (Å²) in [5, 5.41) is 10.0. The zero-order valence-electron chi connectivity index (χ0n) is 7.19. The van der Waals surface area contributed by atoms with Crippen LogP contribution in [0.25, 0.3) is 0 Å². The lowest BCUT2D eigenvalue weighted by Gasteiger charge is -2.15. The number of amides is 1. The molecule has 1 atom stereocenters. The zero-order valence-corrected chi connectivity index (χ0v) is 7.19. The molecule has 0 aliphatic carbocycles. The van der Waals surface area contributed by atoms with Gasteiger partial charge in [-0.25, -0.2) is 4.79 Å². The molecule has 5 nitrogen and oxygen atoms in total. The van der Waals surface area contributed by atoms with Gasteiger partial charge in [0.1, 0.15) is 12.7 Å². The summed E-state index contributed by atoms with van der Waals surface area (Å²) in [5.74, 6) is 0. The molecule has 0 saturated carbocycles. The van der Waals surface area contributed by atoms with E-state index >= 15 is 0 Å². The number of carbonyl (C=O) groups is 1. The zero-order chi connectivity index (χ0) is 9.14. The van der Waals surface area contributed by atoms with Crippen LogP contribution in [0.3, 0.4) is 0 Å². The van der Waals surface area contributed by atoms with Crippen LogP contribution in [0, 0.1) is 0 Å². The molecule has 1 saturated heterocycles. The quantitative estimate of drug-likeness (QED) is 0.615. The molecule has 1 rings (SSSR count). The molecule has 1 aliphatic heterocycles. The number of β-amino-alcohol motifs (C(OH)–C–C–N with tert-alkyl or cyclic N) is 1. The monoisotopic (exact) mass is 175 g/mol. The van der Waals surface area contributed by atoms with Crippen LogP contribution >= 0.6 is 0 Å². The van der Waals surface area contributed by atoms with E-state index in [9.17, 15) is 4.79 Å². The Morgan fingerprint density at radius 3 is 2.83 bits per heavy atom. The van der Waals surface area contributed by atoms with Gasteiger partial charge < -0.3 is 9.84 Å². The molecule has 1 fully saturated rings. The van der Waals surface area contributed by atoms with Crippen molar-refractivity contribution < 1.29 is 19.5 Å². The normalized spacial score (nSPS) is 23.3. The van der Waals surface area contributed by atoms with Crippen molar-refractivity contribution in [2.45, 2.75) is 26.1 Å². The van der Waals surface area contributed by atoms with Gasteiger partial charge in [0, 0.05) is 0 Å². The Kier molecular flexibility index (Phi) is 2.88. The van der Waals surface area contributed by atoms with E-state index in [0.717, 1.165) is 5.06 Å². The van der Waals surface area contributed by atoms with Crippen LogP contribution in [0.1, 0.15) is 13.8 Å². The fourth-order valence-corrected chi connectivity index (χ4v) is 0.860. The first-order valence-corrected chi connectivity index (χ1v) is 3.88. The lowest BCUT2D eigenvalue weighted by Crippen LogP contribution is -2.30. The van der Waals surface area contributed by atoms with Crippen LogP contribution in [0.4, 0.5) is 4.79 Å². The highest BCUT2D eigenvalue weighted by Gasteiger charge is 2.27. The van der Waals surface area contributed by atoms with Crippen molar-refractivity contribution in [3.63, 3.8) is 0 Å². The van der Waals surface area contributed by atoms with Crippen molar-refractivity contribution in [1.82, 2.24) is 5.06 Å². The highest BCUT2D eigenvalue weighted by atomic mass is 16.7. The summed E-state index contributed by atoms with van der Waals surface area (Å²) in [6.07, 6.45) is -1.30. The van der Waals surface area contributed by atoms with Crippen molar-refractivity contribution in [2.75, 3.05) is 13.2 Å². The van der Waals surface area contributed by atoms with E-state index < -0.39 is 12.2 Å². The second-order valence-electron chi connectivity index (χ2n) is 2.94. The minimum Gasteiger partial charge on any atom is -0.445 e. The second kappa shape index (κ2) is 3.73. The molecule has 1 heterocycles. The fraction of sp³-hybridized carbons (Fsp3) is 0.857. The number of aliphatic hydroxyl groups excluding tert-OH is 1. The van der Waals surface area contributed by atoms with Crippen LogP contribution < -0.4 is 0 Å². The predicted molar refractivity (Wildman–Crippen MR) is 40.3 cm³/mol. The largest absolute Gasteiger partial charge is 0.445 e. The Labute approximate surface area is 70.8 Å². The van der Waals surface area contributed by atoms with Gasteiger partial charge in [-0.2, -0.15) is 5.06 Å². The maximum absolute atomic E-state index is 11.1. The number of carbonyl (C=O) groups excluding carboxylic acids is 1. The molecule has 1 N–H and O–H groups in total. The number of hydroxylamine groups is 2. The molecular weight excluding hydrogens is 162 g/mol. The Balaban J connectivity index is 2.33. The summed E-state index contributed by atoms with van der Waals surface area (Å²) < 4.78 is 4.83. The average molecular weight is 175 g/mol. The number of aliphatic hydroxyl groups is 1. The number of nitrogens with zero attached hydrogens (tertiary/aromatic N) is 1. The summed E-state index contributed by atoms with van der Waals surface area (Å²) in [5.41, 5.74) is 0. The molecule has 5 heteroatoms. The number of rotatable bonds is 1. The number of ether oxygens (including phenoxy) is 1. The summed E-state index contributed by atoms with van der Waals surface area (Å²) in [7, 11) is 0. The highest BCUT2D eigenvalue weighted by Crippen LogP contribution is 2.07. The third kappa shape index (κ3) is 2.35. The third-order valence-corrected chi connectivity index (χ3v) is 1.34. The van der Waals surface area contributed by atoms with Crippen LogP contribution in [0.2, 0.25) is 0 Å². The molecule has 12 heavy (non-hydrogen) atoms. The van der Waals surface area contributed by atoms with Gasteiger partial charge in [-0.3, -0.25) is 4.84 Å². The average Bonchev–Trinajstić information content (AvgIpc) is 2.34. The molecule has 0 spiro atoms. The molecule has 1 aliphatic rings. The molecule has 0 aromatic heterocycles. The molecule has 0 aromatic carbocycles. The van der Waals surface area contributed by atoms with E-state index in [0.29, 0.717) is 0 Å². The molecule has 0 unspecified atom stereocenters. The maximum Gasteiger partial charge on any atom is 0.434 e. The van der Waals surface area contributed by atoms with Gasteiger partial charge in [0.2, 0.25) is 0 Å². The van der Waals surface area contributed by atoms with E-state index in [4.69, 9.17) is 14.7 Å². The van der Waals surface area contributed by atoms with Gasteiger partial charge >= 0.3 is 6.09 Å². The lowest BCUT2D eigenvalue weighted by molar-refractivity contribution is -0.0969. The van der Waals surface area contributed by atoms with Gasteiger partial charge in [-0.15, -0.1) is 0 Å². The van der Waals surface area contributed by atoms with Crippen LogP contribution in [-0.4, -0.2) is 41.6 Å². The third-order valence-electron chi connectivity index (χ3n) is 1.34. The summed E-state index contributed by atoms with van der Waals surface area (Å²) in [4.78, 5) is 15.9. The van der Waals surface area contributed by atoms with Crippen molar-refractivity contribution >= 4 is 6.09 Å². The number of hydrogen-bond acceptors (Lipinski definition) is 4. The van der Waals surface area contributed by atoms with Crippen LogP contribution in [0.5, 0.6) is 0 Å². The summed E-state index contributed by atoms with van der Waals surface area (Å²) >= 11 is 0. The van der Waals surface area contributed by atoms with Gasteiger partial charge in [0.25, 0.3) is 0 Å².